The van der Waals surface area contributed by atoms with Crippen molar-refractivity contribution in [3.05, 3.63) is 47.5 Å². The van der Waals surface area contributed by atoms with Crippen molar-refractivity contribution in [1.29, 1.82) is 0 Å². The Kier molecular flexibility index (Phi) is 10.1. The highest BCUT2D eigenvalue weighted by Crippen LogP contribution is 2.47. The molecule has 42 heavy (non-hydrogen) atoms. The van der Waals surface area contributed by atoms with Crippen LogP contribution < -0.4 is 5.32 Å². The number of nitrogens with one attached hydrogen (secondary N) is 1. The summed E-state index contributed by atoms with van der Waals surface area (Å²) in [5.41, 5.74) is 1.36. The number of nitrogens with zero attached hydrogens (tertiary/aromatic N) is 6. The monoisotopic (exact) mass is 595 g/mol. The van der Waals surface area contributed by atoms with E-state index in [0.717, 1.165) is 75.7 Å². The molecule has 6 rings (SSSR count). The average molecular weight is 596 g/mol. The maximum absolute atomic E-state index is 14.2. The summed E-state index contributed by atoms with van der Waals surface area (Å²) in [6, 6.07) is 8.20. The highest BCUT2D eigenvalue weighted by atomic mass is 35.5. The summed E-state index contributed by atoms with van der Waals surface area (Å²) in [7, 11) is 0. The Labute approximate surface area is 257 Å². The van der Waals surface area contributed by atoms with Gasteiger partial charge in [0.2, 0.25) is 5.91 Å². The number of carbonyl (C=O) groups excluding carboxylic acids is 1. The zero-order valence-electron chi connectivity index (χ0n) is 25.3. The third kappa shape index (κ3) is 7.55. The zero-order valence-corrected chi connectivity index (χ0v) is 26.1. The first-order chi connectivity index (χ1) is 20.6. The van der Waals surface area contributed by atoms with Crippen molar-refractivity contribution >= 4 is 17.5 Å². The van der Waals surface area contributed by atoms with Gasteiger partial charge in [-0.3, -0.25) is 19.3 Å². The first kappa shape index (κ1) is 30.0. The quantitative estimate of drug-likeness (QED) is 0.424. The van der Waals surface area contributed by atoms with Gasteiger partial charge < -0.3 is 10.2 Å². The molecule has 1 saturated carbocycles. The molecule has 3 aliphatic heterocycles. The van der Waals surface area contributed by atoms with E-state index < -0.39 is 0 Å². The van der Waals surface area contributed by atoms with Crippen LogP contribution in [0.4, 0.5) is 0 Å². The van der Waals surface area contributed by atoms with Gasteiger partial charge >= 0.3 is 0 Å². The van der Waals surface area contributed by atoms with Crippen molar-refractivity contribution in [1.82, 2.24) is 34.8 Å². The molecule has 1 aromatic carbocycles. The molecular weight excluding hydrogens is 546 g/mol. The van der Waals surface area contributed by atoms with Gasteiger partial charge in [-0.2, -0.15) is 5.10 Å². The van der Waals surface area contributed by atoms with Crippen molar-refractivity contribution in [3.63, 3.8) is 0 Å². The first-order valence-electron chi connectivity index (χ1n) is 16.6. The standard InChI is InChI=1S/C33H50ClN7O/c34-29-10-8-27(9-11-29)22-31(37-30-12-18-39(19-13-30)26-38-16-4-5-17-38)32(42)40-20-14-33(15-21-40,23-41-25-35-24-36-41)28-6-2-1-3-7-28/h8-11,24-25,28,30-31,37H,1-7,12-23,26H2/t31-/m1/s1. The molecule has 1 atom stereocenters. The molecule has 3 saturated heterocycles. The molecule has 8 nitrogen and oxygen atoms in total. The number of hydrogen-bond acceptors (Lipinski definition) is 6. The fourth-order valence-corrected chi connectivity index (χ4v) is 8.37. The normalized spacial score (nSPS) is 23.8. The SMILES string of the molecule is O=C([C@@H](Cc1ccc(Cl)cc1)NC1CCN(CN2CCCC2)CC1)N1CCC(Cn2cncn2)(C2CCCCC2)CC1. The molecule has 4 aliphatic rings. The van der Waals surface area contributed by atoms with Gasteiger partial charge in [-0.25, -0.2) is 4.98 Å². The van der Waals surface area contributed by atoms with Crippen LogP contribution in [0, 0.1) is 11.3 Å². The van der Waals surface area contributed by atoms with Gasteiger partial charge in [0, 0.05) is 43.8 Å². The zero-order chi connectivity index (χ0) is 28.8. The number of rotatable bonds is 10. The first-order valence-corrected chi connectivity index (χ1v) is 17.0. The van der Waals surface area contributed by atoms with E-state index in [2.05, 4.69) is 42.2 Å². The Morgan fingerprint density at radius 2 is 1.60 bits per heavy atom. The predicted octanol–water partition coefficient (Wildman–Crippen LogP) is 4.84. The number of aromatic nitrogens is 3. The molecule has 1 N–H and O–H groups in total. The molecule has 2 aromatic rings. The van der Waals surface area contributed by atoms with E-state index in [4.69, 9.17) is 11.6 Å². The van der Waals surface area contributed by atoms with Crippen LogP contribution >= 0.6 is 11.6 Å². The number of piperidine rings is 2. The lowest BCUT2D eigenvalue weighted by Gasteiger charge is -2.48. The number of carbonyl (C=O) groups is 1. The van der Waals surface area contributed by atoms with Crippen LogP contribution in [0.3, 0.4) is 0 Å². The molecule has 9 heteroatoms. The number of benzene rings is 1. The van der Waals surface area contributed by atoms with Gasteiger partial charge in [0.1, 0.15) is 12.7 Å². The maximum Gasteiger partial charge on any atom is 0.240 e. The lowest BCUT2D eigenvalue weighted by Crippen LogP contribution is -2.56. The van der Waals surface area contributed by atoms with Gasteiger partial charge in [-0.05, 0) is 99.9 Å². The van der Waals surface area contributed by atoms with Gasteiger partial charge in [0.25, 0.3) is 0 Å². The van der Waals surface area contributed by atoms with Crippen LogP contribution in [0.5, 0.6) is 0 Å². The van der Waals surface area contributed by atoms with Gasteiger partial charge in [0.15, 0.2) is 0 Å². The second-order valence-corrected chi connectivity index (χ2v) is 14.0. The van der Waals surface area contributed by atoms with Crippen LogP contribution in [0.15, 0.2) is 36.9 Å². The van der Waals surface area contributed by atoms with Gasteiger partial charge in [0.05, 0.1) is 12.7 Å². The van der Waals surface area contributed by atoms with Crippen LogP contribution in [-0.4, -0.2) is 93.4 Å². The van der Waals surface area contributed by atoms with Crippen LogP contribution in [0.1, 0.15) is 76.2 Å². The second-order valence-electron chi connectivity index (χ2n) is 13.5. The summed E-state index contributed by atoms with van der Waals surface area (Å²) < 4.78 is 2.03. The number of likely N-dealkylation sites (tertiary alicyclic amines) is 3. The maximum atomic E-state index is 14.2. The molecule has 0 spiro atoms. The lowest BCUT2D eigenvalue weighted by atomic mass is 9.63. The van der Waals surface area contributed by atoms with Crippen molar-refractivity contribution < 1.29 is 4.79 Å². The summed E-state index contributed by atoms with van der Waals surface area (Å²) in [6.45, 7) is 8.37. The van der Waals surface area contributed by atoms with Crippen LogP contribution in [-0.2, 0) is 17.8 Å². The fourth-order valence-electron chi connectivity index (χ4n) is 8.25. The number of hydrogen-bond donors (Lipinski definition) is 1. The molecule has 4 heterocycles. The van der Waals surface area contributed by atoms with E-state index >= 15 is 0 Å². The van der Waals surface area contributed by atoms with E-state index in [-0.39, 0.29) is 17.4 Å². The Balaban J connectivity index is 1.10. The molecule has 230 valence electrons. The minimum Gasteiger partial charge on any atom is -0.341 e. The third-order valence-electron chi connectivity index (χ3n) is 10.8. The summed E-state index contributed by atoms with van der Waals surface area (Å²) in [5, 5.41) is 9.09. The lowest BCUT2D eigenvalue weighted by molar-refractivity contribution is -0.137. The van der Waals surface area contributed by atoms with Crippen molar-refractivity contribution in [2.24, 2.45) is 11.3 Å². The average Bonchev–Trinajstić information content (AvgIpc) is 3.74. The summed E-state index contributed by atoms with van der Waals surface area (Å²) in [6.07, 6.45) is 17.8. The minimum atomic E-state index is -0.209. The van der Waals surface area contributed by atoms with Crippen molar-refractivity contribution in [3.8, 4) is 0 Å². The molecule has 1 amide bonds. The van der Waals surface area contributed by atoms with E-state index in [1.165, 1.54) is 58.0 Å². The highest BCUT2D eigenvalue weighted by Gasteiger charge is 2.44. The van der Waals surface area contributed by atoms with Crippen molar-refractivity contribution in [2.75, 3.05) is 45.9 Å². The third-order valence-corrected chi connectivity index (χ3v) is 11.0. The summed E-state index contributed by atoms with van der Waals surface area (Å²) in [5.74, 6) is 0.976. The number of halogens is 1. The molecule has 1 aromatic heterocycles. The number of amides is 1. The predicted molar refractivity (Wildman–Crippen MR) is 167 cm³/mol. The molecule has 4 fully saturated rings. The Morgan fingerprint density at radius 1 is 0.905 bits per heavy atom. The van der Waals surface area contributed by atoms with Gasteiger partial charge in [-0.1, -0.05) is 43.0 Å². The summed E-state index contributed by atoms with van der Waals surface area (Å²) >= 11 is 6.20. The molecule has 0 radical (unpaired) electrons. The van der Waals surface area contributed by atoms with E-state index in [9.17, 15) is 4.79 Å². The fraction of sp³-hybridized carbons (Fsp3) is 0.727. The second kappa shape index (κ2) is 14.2. The van der Waals surface area contributed by atoms with Crippen LogP contribution in [0.25, 0.3) is 0 Å². The topological polar surface area (TPSA) is 69.5 Å². The largest absolute Gasteiger partial charge is 0.341 e. The Hall–Kier alpha value is -2.00. The van der Waals surface area contributed by atoms with E-state index in [1.54, 1.807) is 6.33 Å². The Morgan fingerprint density at radius 3 is 2.26 bits per heavy atom. The van der Waals surface area contributed by atoms with Crippen LogP contribution in [0.2, 0.25) is 5.02 Å². The molecule has 1 aliphatic carbocycles. The Bertz CT molecular complexity index is 1100. The smallest absolute Gasteiger partial charge is 0.240 e. The highest BCUT2D eigenvalue weighted by molar-refractivity contribution is 6.30. The molecular formula is C33H50ClN7O. The van der Waals surface area contributed by atoms with Gasteiger partial charge in [-0.15, -0.1) is 0 Å². The van der Waals surface area contributed by atoms with Crippen molar-refractivity contribution in [2.45, 2.75) is 95.7 Å². The molecule has 0 bridgehead atoms. The van der Waals surface area contributed by atoms with E-state index in [0.29, 0.717) is 18.4 Å². The molecule has 0 unspecified atom stereocenters. The van der Waals surface area contributed by atoms with E-state index in [1.807, 2.05) is 23.1 Å². The minimum absolute atomic E-state index is 0.201. The summed E-state index contributed by atoms with van der Waals surface area (Å²) in [4.78, 5) is 25.8.